The summed E-state index contributed by atoms with van der Waals surface area (Å²) in [4.78, 5) is 20.4. The molecule has 23 heavy (non-hydrogen) atoms. The Morgan fingerprint density at radius 2 is 1.91 bits per heavy atom. The van der Waals surface area contributed by atoms with Crippen LogP contribution in [0.3, 0.4) is 0 Å². The molecular formula is C13H17N5O4S. The number of carbonyl (C=O) groups excluding carboxylic acids is 1. The molecule has 0 spiro atoms. The molecule has 0 saturated heterocycles. The maximum Gasteiger partial charge on any atom is 0.343 e. The molecule has 2 rings (SSSR count). The maximum atomic E-state index is 12.0. The predicted octanol–water partition coefficient (Wildman–Crippen LogP) is 0.827. The summed E-state index contributed by atoms with van der Waals surface area (Å²) in [5.74, 6) is -0.588. The van der Waals surface area contributed by atoms with Crippen molar-refractivity contribution >= 4 is 21.8 Å². The summed E-state index contributed by atoms with van der Waals surface area (Å²) in [5.41, 5.74) is 1.36. The van der Waals surface area contributed by atoms with Crippen LogP contribution in [0.1, 0.15) is 28.7 Å². The van der Waals surface area contributed by atoms with Crippen molar-refractivity contribution in [3.63, 3.8) is 0 Å². The highest BCUT2D eigenvalue weighted by Gasteiger charge is 2.23. The van der Waals surface area contributed by atoms with Gasteiger partial charge in [0, 0.05) is 11.4 Å². The van der Waals surface area contributed by atoms with E-state index in [2.05, 4.69) is 19.8 Å². The summed E-state index contributed by atoms with van der Waals surface area (Å²) in [5, 5.41) is 4.02. The lowest BCUT2D eigenvalue weighted by atomic mass is 10.3. The van der Waals surface area contributed by atoms with Crippen molar-refractivity contribution in [3.05, 3.63) is 29.2 Å². The second-order valence-corrected chi connectivity index (χ2v) is 6.61. The summed E-state index contributed by atoms with van der Waals surface area (Å²) in [6.45, 7) is 5.36. The summed E-state index contributed by atoms with van der Waals surface area (Å²) in [6, 6.07) is 1.77. The number of anilines is 1. The number of nitrogens with one attached hydrogen (secondary N) is 1. The number of ether oxygens (including phenoxy) is 1. The molecule has 9 nitrogen and oxygen atoms in total. The first-order valence-corrected chi connectivity index (χ1v) is 8.66. The Bertz CT molecular complexity index is 824. The number of hydrogen-bond donors (Lipinski definition) is 1. The zero-order chi connectivity index (χ0) is 17.2. The lowest BCUT2D eigenvalue weighted by Gasteiger charge is -2.10. The van der Waals surface area contributed by atoms with Crippen LogP contribution in [0.25, 0.3) is 5.95 Å². The molecule has 0 aliphatic heterocycles. The molecule has 0 saturated carbocycles. The van der Waals surface area contributed by atoms with Crippen LogP contribution >= 0.6 is 0 Å². The fraction of sp³-hybridized carbons (Fsp3) is 0.385. The minimum absolute atomic E-state index is 0.0139. The third-order valence-electron chi connectivity index (χ3n) is 2.71. The smallest absolute Gasteiger partial charge is 0.343 e. The Hall–Kier alpha value is -2.49. The van der Waals surface area contributed by atoms with Crippen molar-refractivity contribution in [1.82, 2.24) is 19.7 Å². The van der Waals surface area contributed by atoms with Gasteiger partial charge in [-0.05, 0) is 26.8 Å². The van der Waals surface area contributed by atoms with E-state index in [1.807, 2.05) is 0 Å². The molecule has 0 aliphatic carbocycles. The van der Waals surface area contributed by atoms with E-state index in [1.165, 1.54) is 6.20 Å². The van der Waals surface area contributed by atoms with Gasteiger partial charge in [0.2, 0.25) is 10.0 Å². The van der Waals surface area contributed by atoms with Crippen molar-refractivity contribution in [2.45, 2.75) is 20.8 Å². The van der Waals surface area contributed by atoms with Gasteiger partial charge in [0.05, 0.1) is 19.1 Å². The molecule has 0 unspecified atom stereocenters. The molecule has 2 aromatic rings. The Morgan fingerprint density at radius 3 is 2.43 bits per heavy atom. The van der Waals surface area contributed by atoms with Crippen molar-refractivity contribution in [2.75, 3.05) is 17.6 Å². The fourth-order valence-corrected chi connectivity index (χ4v) is 2.48. The maximum absolute atomic E-state index is 12.0. The molecule has 0 radical (unpaired) electrons. The minimum Gasteiger partial charge on any atom is -0.462 e. The van der Waals surface area contributed by atoms with Crippen molar-refractivity contribution in [3.8, 4) is 5.95 Å². The lowest BCUT2D eigenvalue weighted by Crippen LogP contribution is -2.18. The molecule has 0 bridgehead atoms. The zero-order valence-electron chi connectivity index (χ0n) is 13.2. The van der Waals surface area contributed by atoms with Crippen LogP contribution in [-0.4, -0.2) is 47.0 Å². The van der Waals surface area contributed by atoms with Crippen molar-refractivity contribution in [2.24, 2.45) is 0 Å². The molecule has 0 atom stereocenters. The topological polar surface area (TPSA) is 116 Å². The van der Waals surface area contributed by atoms with E-state index in [4.69, 9.17) is 4.74 Å². The minimum atomic E-state index is -3.64. The Labute approximate surface area is 133 Å². The van der Waals surface area contributed by atoms with Gasteiger partial charge in [-0.3, -0.25) is 4.72 Å². The average Bonchev–Trinajstić information content (AvgIpc) is 2.79. The first-order chi connectivity index (χ1) is 10.7. The number of sulfonamides is 1. The van der Waals surface area contributed by atoms with Crippen LogP contribution in [0.5, 0.6) is 0 Å². The molecule has 124 valence electrons. The molecule has 0 amide bonds. The monoisotopic (exact) mass is 339 g/mol. The highest BCUT2D eigenvalue weighted by Crippen LogP contribution is 2.21. The van der Waals surface area contributed by atoms with Gasteiger partial charge in [0.15, 0.2) is 5.82 Å². The number of aromatic nitrogens is 4. The van der Waals surface area contributed by atoms with Gasteiger partial charge < -0.3 is 4.74 Å². The van der Waals surface area contributed by atoms with E-state index in [0.717, 1.165) is 10.9 Å². The first kappa shape index (κ1) is 16.9. The summed E-state index contributed by atoms with van der Waals surface area (Å²) in [6.07, 6.45) is 2.19. The van der Waals surface area contributed by atoms with Crippen LogP contribution in [0.4, 0.5) is 5.82 Å². The van der Waals surface area contributed by atoms with Crippen molar-refractivity contribution in [1.29, 1.82) is 0 Å². The zero-order valence-corrected chi connectivity index (χ0v) is 14.0. The standard InChI is InChI=1S/C13H17N5O4S/c1-5-22-12(19)10-7-14-18(11(10)17-23(4,20)21)13-15-8(2)6-9(3)16-13/h6-7,17H,5H2,1-4H3. The Morgan fingerprint density at radius 1 is 1.30 bits per heavy atom. The van der Waals surface area contributed by atoms with Crippen LogP contribution < -0.4 is 4.72 Å². The summed E-state index contributed by atoms with van der Waals surface area (Å²) in [7, 11) is -3.64. The van der Waals surface area contributed by atoms with Crippen molar-refractivity contribution < 1.29 is 17.9 Å². The van der Waals surface area contributed by atoms with Gasteiger partial charge in [-0.25, -0.2) is 23.2 Å². The molecule has 1 N–H and O–H groups in total. The van der Waals surface area contributed by atoms with Crippen LogP contribution in [0.2, 0.25) is 0 Å². The third-order valence-corrected chi connectivity index (χ3v) is 3.27. The highest BCUT2D eigenvalue weighted by molar-refractivity contribution is 7.92. The molecule has 0 aromatic carbocycles. The lowest BCUT2D eigenvalue weighted by molar-refractivity contribution is 0.0527. The van der Waals surface area contributed by atoms with E-state index < -0.39 is 16.0 Å². The normalized spacial score (nSPS) is 11.3. The van der Waals surface area contributed by atoms with E-state index in [9.17, 15) is 13.2 Å². The number of nitrogens with zero attached hydrogens (tertiary/aromatic N) is 4. The van der Waals surface area contributed by atoms with Crippen LogP contribution in [-0.2, 0) is 14.8 Å². The van der Waals surface area contributed by atoms with Crippen LogP contribution in [0, 0.1) is 13.8 Å². The van der Waals surface area contributed by atoms with E-state index in [-0.39, 0.29) is 23.9 Å². The van der Waals surface area contributed by atoms with Gasteiger partial charge >= 0.3 is 5.97 Å². The summed E-state index contributed by atoms with van der Waals surface area (Å²) < 4.78 is 31.5. The third kappa shape index (κ3) is 4.03. The van der Waals surface area contributed by atoms with Gasteiger partial charge in [-0.15, -0.1) is 0 Å². The van der Waals surface area contributed by atoms with Gasteiger partial charge in [-0.1, -0.05) is 0 Å². The quantitative estimate of drug-likeness (QED) is 0.802. The second kappa shape index (κ2) is 6.32. The molecule has 10 heteroatoms. The predicted molar refractivity (Wildman–Crippen MR) is 83.1 cm³/mol. The molecular weight excluding hydrogens is 322 g/mol. The number of rotatable bonds is 5. The van der Waals surface area contributed by atoms with Gasteiger partial charge in [-0.2, -0.15) is 9.78 Å². The number of carbonyl (C=O) groups is 1. The molecule has 2 heterocycles. The highest BCUT2D eigenvalue weighted by atomic mass is 32.2. The van der Waals surface area contributed by atoms with Gasteiger partial charge in [0.25, 0.3) is 5.95 Å². The average molecular weight is 339 g/mol. The number of hydrogen-bond acceptors (Lipinski definition) is 7. The number of aryl methyl sites for hydroxylation is 2. The van der Waals surface area contributed by atoms with E-state index in [0.29, 0.717) is 11.4 Å². The molecule has 0 fully saturated rings. The van der Waals surface area contributed by atoms with E-state index >= 15 is 0 Å². The second-order valence-electron chi connectivity index (χ2n) is 4.86. The Kier molecular flexibility index (Phi) is 4.64. The van der Waals surface area contributed by atoms with Crippen LogP contribution in [0.15, 0.2) is 12.3 Å². The fourth-order valence-electron chi connectivity index (χ4n) is 1.93. The van der Waals surface area contributed by atoms with Gasteiger partial charge in [0.1, 0.15) is 5.56 Å². The SMILES string of the molecule is CCOC(=O)c1cnn(-c2nc(C)cc(C)n2)c1NS(C)(=O)=O. The van der Waals surface area contributed by atoms with E-state index in [1.54, 1.807) is 26.8 Å². The largest absolute Gasteiger partial charge is 0.462 e. The Balaban J connectivity index is 2.61. The number of esters is 1. The molecule has 0 aliphatic rings. The first-order valence-electron chi connectivity index (χ1n) is 6.77. The molecule has 2 aromatic heterocycles. The summed E-state index contributed by atoms with van der Waals surface area (Å²) >= 11 is 0.